The molecule has 1 aliphatic heterocycles. The van der Waals surface area contributed by atoms with E-state index in [1.54, 1.807) is 59.7 Å². The number of hydrogen-bond donors (Lipinski definition) is 4. The zero-order valence-electron chi connectivity index (χ0n) is 34.5. The van der Waals surface area contributed by atoms with Gasteiger partial charge in [0.1, 0.15) is 23.9 Å². The van der Waals surface area contributed by atoms with E-state index in [1.807, 2.05) is 0 Å². The summed E-state index contributed by atoms with van der Waals surface area (Å²) in [5.74, 6) is -6.26. The van der Waals surface area contributed by atoms with Crippen molar-refractivity contribution in [2.24, 2.45) is 16.7 Å². The van der Waals surface area contributed by atoms with E-state index in [9.17, 15) is 39.3 Å². The molecule has 1 amide bonds. The second-order valence-corrected chi connectivity index (χ2v) is 17.0. The molecule has 0 spiro atoms. The predicted molar refractivity (Wildman–Crippen MR) is 203 cm³/mol. The first-order chi connectivity index (χ1) is 26.9. The minimum atomic E-state index is -2.38. The Morgan fingerprint density at radius 1 is 0.966 bits per heavy atom. The first-order valence-corrected chi connectivity index (χ1v) is 19.3. The third kappa shape index (κ3) is 7.66. The summed E-state index contributed by atoms with van der Waals surface area (Å²) < 4.78 is 35.1. The van der Waals surface area contributed by atoms with E-state index in [0.29, 0.717) is 5.57 Å². The summed E-state index contributed by atoms with van der Waals surface area (Å²) in [6, 6.07) is 6.49. The van der Waals surface area contributed by atoms with Crippen LogP contribution in [0, 0.1) is 16.7 Å². The molecule has 4 aliphatic rings. The summed E-state index contributed by atoms with van der Waals surface area (Å²) in [4.78, 5) is 81.9. The molecule has 11 atom stereocenters. The molecule has 16 nitrogen and oxygen atoms in total. The Balaban J connectivity index is 1.74. The number of carbonyl (C=O) groups excluding carboxylic acids is 6. The second-order valence-electron chi connectivity index (χ2n) is 17.0. The van der Waals surface area contributed by atoms with Gasteiger partial charge in [-0.1, -0.05) is 43.7 Å². The van der Waals surface area contributed by atoms with Crippen molar-refractivity contribution >= 4 is 35.8 Å². The van der Waals surface area contributed by atoms with Crippen molar-refractivity contribution in [2.75, 3.05) is 6.61 Å². The molecule has 58 heavy (non-hydrogen) atoms. The number of alkyl carbamates (subject to hydrolysis) is 1. The first kappa shape index (κ1) is 44.5. The quantitative estimate of drug-likeness (QED) is 0.151. The minimum absolute atomic E-state index is 0.00520. The second kappa shape index (κ2) is 16.2. The van der Waals surface area contributed by atoms with Crippen LogP contribution in [0.5, 0.6) is 0 Å². The molecule has 3 aliphatic carbocycles. The lowest BCUT2D eigenvalue weighted by atomic mass is 9.44. The lowest BCUT2D eigenvalue weighted by Gasteiger charge is -2.67. The maximum atomic E-state index is 15.4. The van der Waals surface area contributed by atoms with Crippen LogP contribution in [0.1, 0.15) is 92.4 Å². The minimum Gasteiger partial charge on any atom is -0.456 e. The fourth-order valence-electron chi connectivity index (χ4n) is 9.33. The molecule has 1 aromatic carbocycles. The van der Waals surface area contributed by atoms with Gasteiger partial charge in [0.25, 0.3) is 0 Å². The number of rotatable bonds is 10. The Morgan fingerprint density at radius 2 is 1.60 bits per heavy atom. The molecule has 16 heteroatoms. The van der Waals surface area contributed by atoms with E-state index in [0.717, 1.165) is 13.8 Å². The fourth-order valence-corrected chi connectivity index (χ4v) is 9.33. The van der Waals surface area contributed by atoms with Gasteiger partial charge in [-0.2, -0.15) is 0 Å². The highest BCUT2D eigenvalue weighted by molar-refractivity contribution is 5.95. The van der Waals surface area contributed by atoms with Gasteiger partial charge in [0.2, 0.25) is 0 Å². The van der Waals surface area contributed by atoms with Gasteiger partial charge < -0.3 is 49.1 Å². The number of ketones is 1. The van der Waals surface area contributed by atoms with E-state index >= 15 is 4.79 Å². The molecular weight excluding hydrogens is 758 g/mol. The van der Waals surface area contributed by atoms with E-state index in [4.69, 9.17) is 28.4 Å². The van der Waals surface area contributed by atoms with E-state index < -0.39 is 119 Å². The van der Waals surface area contributed by atoms with Crippen LogP contribution in [0.3, 0.4) is 0 Å². The summed E-state index contributed by atoms with van der Waals surface area (Å²) in [6.07, 6.45) is -10.5. The molecule has 0 radical (unpaired) electrons. The number of fused-ring (bicyclic) bond motifs is 5. The molecule has 2 bridgehead atoms. The standard InChI is InChI=1S/C42H55NO15/c1-20(2)16-26(43-38(51)54-21(3)4)31(47)37(50)56-27-18-42(52)35(57-36(49)25-14-12-11-13-15-25)33-40(10,28(46)17-29-41(33,19-53-29)58-24(7)45)34(48)32(55-23(6)44)30(22(27)5)39(42,8)9/h11-16,21,26-29,31-33,35,46-47,52H,17-19H2,1-10H3,(H,43,51)/t26?,27-,28-,29+,31+,32+,33-,35-,40+,41-,42+/m0/s1. The lowest BCUT2D eigenvalue weighted by molar-refractivity contribution is -0.346. The fraction of sp³-hybridized carbons (Fsp3) is 0.619. The summed E-state index contributed by atoms with van der Waals surface area (Å²) >= 11 is 0. The number of aliphatic hydroxyl groups excluding tert-OH is 2. The van der Waals surface area contributed by atoms with Gasteiger partial charge in [0.05, 0.1) is 41.8 Å². The molecule has 318 valence electrons. The Morgan fingerprint density at radius 3 is 2.14 bits per heavy atom. The molecule has 5 rings (SSSR count). The Bertz CT molecular complexity index is 1880. The average Bonchev–Trinajstić information content (AvgIpc) is 3.11. The molecule has 1 saturated heterocycles. The average molecular weight is 814 g/mol. The monoisotopic (exact) mass is 813 g/mol. The molecule has 3 fully saturated rings. The zero-order valence-corrected chi connectivity index (χ0v) is 34.5. The zero-order chi connectivity index (χ0) is 43.3. The predicted octanol–water partition coefficient (Wildman–Crippen LogP) is 3.03. The Kier molecular flexibility index (Phi) is 12.4. The molecule has 4 N–H and O–H groups in total. The summed E-state index contributed by atoms with van der Waals surface area (Å²) in [5, 5.41) is 39.4. The van der Waals surface area contributed by atoms with Crippen molar-refractivity contribution in [1.29, 1.82) is 0 Å². The maximum Gasteiger partial charge on any atom is 0.407 e. The molecule has 1 heterocycles. The first-order valence-electron chi connectivity index (χ1n) is 19.3. The number of ether oxygens (including phenoxy) is 6. The number of allylic oxidation sites excluding steroid dienone is 1. The van der Waals surface area contributed by atoms with Gasteiger partial charge in [-0.3, -0.25) is 14.4 Å². The van der Waals surface area contributed by atoms with Gasteiger partial charge in [0, 0.05) is 32.1 Å². The van der Waals surface area contributed by atoms with Crippen LogP contribution in [0.4, 0.5) is 4.79 Å². The van der Waals surface area contributed by atoms with Gasteiger partial charge in [-0.25, -0.2) is 14.4 Å². The van der Waals surface area contributed by atoms with Crippen molar-refractivity contribution in [3.05, 3.63) is 58.7 Å². The van der Waals surface area contributed by atoms with Crippen LogP contribution in [0.25, 0.3) is 0 Å². The third-order valence-electron chi connectivity index (χ3n) is 12.2. The number of benzene rings is 1. The number of amides is 1. The topological polar surface area (TPSA) is 231 Å². The number of esters is 4. The highest BCUT2D eigenvalue weighted by Crippen LogP contribution is 2.64. The van der Waals surface area contributed by atoms with Crippen molar-refractivity contribution in [2.45, 2.75) is 142 Å². The largest absolute Gasteiger partial charge is 0.456 e. The normalized spacial score (nSPS) is 33.3. The summed E-state index contributed by atoms with van der Waals surface area (Å²) in [7, 11) is 0. The Hall–Kier alpha value is -4.64. The molecule has 2 saturated carbocycles. The van der Waals surface area contributed by atoms with Crippen molar-refractivity contribution in [3.8, 4) is 0 Å². The van der Waals surface area contributed by atoms with Crippen LogP contribution in [0.2, 0.25) is 0 Å². The highest BCUT2D eigenvalue weighted by atomic mass is 16.6. The van der Waals surface area contributed by atoms with Crippen molar-refractivity contribution in [3.63, 3.8) is 0 Å². The number of carbonyl (C=O) groups is 6. The van der Waals surface area contributed by atoms with Gasteiger partial charge in [0.15, 0.2) is 23.6 Å². The summed E-state index contributed by atoms with van der Waals surface area (Å²) in [5.41, 5.74) is -6.98. The van der Waals surface area contributed by atoms with Crippen LogP contribution in [-0.4, -0.2) is 118 Å². The van der Waals surface area contributed by atoms with Crippen LogP contribution >= 0.6 is 0 Å². The molecular formula is C42H55NO15. The van der Waals surface area contributed by atoms with Crippen molar-refractivity contribution < 1.29 is 72.5 Å². The maximum absolute atomic E-state index is 15.4. The molecule has 0 aromatic heterocycles. The van der Waals surface area contributed by atoms with Gasteiger partial charge >= 0.3 is 30.0 Å². The Labute approximate surface area is 337 Å². The SMILES string of the molecule is CC(=O)O[C@H]1C(=O)[C@@]2(C)[C@H]([C@H](OC(=O)c3ccccc3)[C@]3(O)C[C@H](OC(=O)[C@H](O)C(C=C(C)C)NC(=O)OC(C)C)C(C)=C1C3(C)C)[C@]1(OC(C)=O)CO[C@@H]1C[C@@H]2O. The molecule has 1 aromatic rings. The number of Topliss-reactive ketones (excluding diaryl/α,β-unsaturated/α-hetero) is 1. The van der Waals surface area contributed by atoms with E-state index in [2.05, 4.69) is 5.32 Å². The van der Waals surface area contributed by atoms with Crippen LogP contribution < -0.4 is 5.32 Å². The third-order valence-corrected chi connectivity index (χ3v) is 12.2. The number of hydrogen-bond acceptors (Lipinski definition) is 15. The highest BCUT2D eigenvalue weighted by Gasteiger charge is 2.78. The van der Waals surface area contributed by atoms with E-state index in [1.165, 1.54) is 32.1 Å². The summed E-state index contributed by atoms with van der Waals surface area (Å²) in [6.45, 7) is 14.5. The van der Waals surface area contributed by atoms with Gasteiger partial charge in [-0.15, -0.1) is 0 Å². The van der Waals surface area contributed by atoms with Crippen LogP contribution in [-0.2, 0) is 47.6 Å². The van der Waals surface area contributed by atoms with Gasteiger partial charge in [-0.05, 0) is 64.8 Å². The van der Waals surface area contributed by atoms with Crippen LogP contribution in [0.15, 0.2) is 53.1 Å². The molecule has 1 unspecified atom stereocenters. The number of nitrogens with one attached hydrogen (secondary N) is 1. The lowest BCUT2D eigenvalue weighted by Crippen LogP contribution is -2.82. The smallest absolute Gasteiger partial charge is 0.407 e. The van der Waals surface area contributed by atoms with E-state index in [-0.39, 0.29) is 29.7 Å². The number of aliphatic hydroxyl groups is 3. The van der Waals surface area contributed by atoms with Crippen molar-refractivity contribution in [1.82, 2.24) is 5.32 Å².